The minimum atomic E-state index is -0.116. The lowest BCUT2D eigenvalue weighted by Gasteiger charge is -2.09. The van der Waals surface area contributed by atoms with Gasteiger partial charge < -0.3 is 4.57 Å². The fourth-order valence-electron chi connectivity index (χ4n) is 3.34. The van der Waals surface area contributed by atoms with E-state index in [9.17, 15) is 4.79 Å². The molecule has 0 aliphatic heterocycles. The van der Waals surface area contributed by atoms with Crippen molar-refractivity contribution in [2.24, 2.45) is 5.10 Å². The summed E-state index contributed by atoms with van der Waals surface area (Å²) in [5.41, 5.74) is 10.3. The van der Waals surface area contributed by atoms with Crippen LogP contribution >= 0.6 is 22.6 Å². The lowest BCUT2D eigenvalue weighted by Crippen LogP contribution is -2.20. The molecule has 0 bridgehead atoms. The first-order valence-electron chi connectivity index (χ1n) is 9.18. The molecular formula is C23H24IN3O. The molecule has 2 aromatic carbocycles. The molecule has 3 rings (SSSR count). The number of nitrogens with zero attached hydrogens (tertiary/aromatic N) is 2. The highest BCUT2D eigenvalue weighted by Gasteiger charge is 2.10. The number of amides is 1. The van der Waals surface area contributed by atoms with Crippen molar-refractivity contribution in [1.29, 1.82) is 0 Å². The number of carbonyl (C=O) groups is 1. The number of halogens is 1. The van der Waals surface area contributed by atoms with Gasteiger partial charge in [0.25, 0.3) is 0 Å². The predicted octanol–water partition coefficient (Wildman–Crippen LogP) is 5.01. The first-order valence-corrected chi connectivity index (χ1v) is 10.3. The smallest absolute Gasteiger partial charge is 0.244 e. The van der Waals surface area contributed by atoms with E-state index < -0.39 is 0 Å². The van der Waals surface area contributed by atoms with Crippen molar-refractivity contribution in [2.45, 2.75) is 34.1 Å². The SMILES string of the molecule is Cc1ccc(CC(=O)N/N=C/c2cc(C)n(-c3ccc(I)cc3)c2C)c(C)c1. The molecule has 0 aliphatic carbocycles. The van der Waals surface area contributed by atoms with Crippen LogP contribution in [0, 0.1) is 31.3 Å². The van der Waals surface area contributed by atoms with Crippen LogP contribution in [-0.2, 0) is 11.2 Å². The Morgan fingerprint density at radius 3 is 2.46 bits per heavy atom. The van der Waals surface area contributed by atoms with E-state index in [0.29, 0.717) is 6.42 Å². The number of hydrogen-bond donors (Lipinski definition) is 1. The molecule has 3 aromatic rings. The molecule has 1 N–H and O–H groups in total. The number of aryl methyl sites for hydroxylation is 3. The summed E-state index contributed by atoms with van der Waals surface area (Å²) in [6.07, 6.45) is 2.04. The number of benzene rings is 2. The standard InChI is InChI=1S/C23H24IN3O/c1-15-5-6-19(16(2)11-15)13-23(28)26-25-14-20-12-17(3)27(18(20)4)22-9-7-21(24)8-10-22/h5-12,14H,13H2,1-4H3,(H,26,28)/b25-14+. The van der Waals surface area contributed by atoms with Crippen molar-refractivity contribution < 1.29 is 4.79 Å². The number of rotatable bonds is 5. The van der Waals surface area contributed by atoms with Gasteiger partial charge in [0.2, 0.25) is 5.91 Å². The zero-order valence-corrected chi connectivity index (χ0v) is 18.7. The Morgan fingerprint density at radius 1 is 1.07 bits per heavy atom. The summed E-state index contributed by atoms with van der Waals surface area (Å²) in [5, 5.41) is 4.17. The summed E-state index contributed by atoms with van der Waals surface area (Å²) in [6, 6.07) is 16.6. The van der Waals surface area contributed by atoms with Crippen molar-refractivity contribution in [2.75, 3.05) is 0 Å². The molecule has 0 atom stereocenters. The van der Waals surface area contributed by atoms with Gasteiger partial charge in [-0.25, -0.2) is 5.43 Å². The minimum absolute atomic E-state index is 0.116. The van der Waals surface area contributed by atoms with Gasteiger partial charge in [-0.3, -0.25) is 4.79 Å². The molecule has 1 amide bonds. The Balaban J connectivity index is 1.70. The maximum Gasteiger partial charge on any atom is 0.244 e. The van der Waals surface area contributed by atoms with Gasteiger partial charge in [0.15, 0.2) is 0 Å². The normalized spacial score (nSPS) is 11.2. The summed E-state index contributed by atoms with van der Waals surface area (Å²) < 4.78 is 3.40. The van der Waals surface area contributed by atoms with Crippen molar-refractivity contribution >= 4 is 34.7 Å². The van der Waals surface area contributed by atoms with Crippen LogP contribution in [0.15, 0.2) is 53.6 Å². The van der Waals surface area contributed by atoms with Gasteiger partial charge in [-0.15, -0.1) is 0 Å². The van der Waals surface area contributed by atoms with E-state index in [-0.39, 0.29) is 5.91 Å². The van der Waals surface area contributed by atoms with Crippen LogP contribution in [-0.4, -0.2) is 16.7 Å². The predicted molar refractivity (Wildman–Crippen MR) is 123 cm³/mol. The quantitative estimate of drug-likeness (QED) is 0.308. The topological polar surface area (TPSA) is 46.4 Å². The third kappa shape index (κ3) is 4.70. The van der Waals surface area contributed by atoms with Crippen molar-refractivity contribution in [3.8, 4) is 5.69 Å². The molecule has 1 heterocycles. The third-order valence-electron chi connectivity index (χ3n) is 4.80. The maximum atomic E-state index is 12.2. The van der Waals surface area contributed by atoms with Gasteiger partial charge in [-0.2, -0.15) is 5.10 Å². The Hall–Kier alpha value is -2.41. The van der Waals surface area contributed by atoms with E-state index in [0.717, 1.165) is 33.8 Å². The second-order valence-corrected chi connectivity index (χ2v) is 8.28. The summed E-state index contributed by atoms with van der Waals surface area (Å²) in [7, 11) is 0. The molecule has 0 unspecified atom stereocenters. The van der Waals surface area contributed by atoms with Crippen molar-refractivity contribution in [1.82, 2.24) is 9.99 Å². The van der Waals surface area contributed by atoms with E-state index in [1.165, 1.54) is 9.13 Å². The van der Waals surface area contributed by atoms with Crippen LogP contribution in [0.4, 0.5) is 0 Å². The van der Waals surface area contributed by atoms with Gasteiger partial charge in [0.05, 0.1) is 12.6 Å². The molecule has 5 heteroatoms. The first-order chi connectivity index (χ1) is 13.3. The monoisotopic (exact) mass is 485 g/mol. The molecule has 0 fully saturated rings. The second-order valence-electron chi connectivity index (χ2n) is 7.04. The van der Waals surface area contributed by atoms with Crippen molar-refractivity contribution in [3.05, 3.63) is 85.7 Å². The van der Waals surface area contributed by atoms with Gasteiger partial charge in [0, 0.05) is 26.2 Å². The Morgan fingerprint density at radius 2 is 1.79 bits per heavy atom. The summed E-state index contributed by atoms with van der Waals surface area (Å²) >= 11 is 2.30. The average molecular weight is 485 g/mol. The lowest BCUT2D eigenvalue weighted by atomic mass is 10.0. The molecule has 144 valence electrons. The van der Waals surface area contributed by atoms with E-state index in [2.05, 4.69) is 87.9 Å². The van der Waals surface area contributed by atoms with Crippen LogP contribution in [0.25, 0.3) is 5.69 Å². The molecule has 0 spiro atoms. The maximum absolute atomic E-state index is 12.2. The summed E-state index contributed by atoms with van der Waals surface area (Å²) in [4.78, 5) is 12.2. The Kier molecular flexibility index (Phi) is 6.34. The Bertz CT molecular complexity index is 1030. The van der Waals surface area contributed by atoms with Crippen LogP contribution in [0.2, 0.25) is 0 Å². The highest BCUT2D eigenvalue weighted by atomic mass is 127. The third-order valence-corrected chi connectivity index (χ3v) is 5.52. The zero-order valence-electron chi connectivity index (χ0n) is 16.6. The lowest BCUT2D eigenvalue weighted by molar-refractivity contribution is -0.120. The summed E-state index contributed by atoms with van der Waals surface area (Å²) in [5.74, 6) is -0.116. The molecule has 28 heavy (non-hydrogen) atoms. The van der Waals surface area contributed by atoms with E-state index in [1.807, 2.05) is 26.0 Å². The fraction of sp³-hybridized carbons (Fsp3) is 0.217. The van der Waals surface area contributed by atoms with Gasteiger partial charge >= 0.3 is 0 Å². The molecule has 4 nitrogen and oxygen atoms in total. The van der Waals surface area contributed by atoms with Crippen LogP contribution in [0.5, 0.6) is 0 Å². The molecule has 0 saturated carbocycles. The number of aromatic nitrogens is 1. The molecular weight excluding hydrogens is 461 g/mol. The van der Waals surface area contributed by atoms with Gasteiger partial charge in [0.1, 0.15) is 0 Å². The number of carbonyl (C=O) groups excluding carboxylic acids is 1. The van der Waals surface area contributed by atoms with E-state index in [1.54, 1.807) is 6.21 Å². The highest BCUT2D eigenvalue weighted by molar-refractivity contribution is 14.1. The fourth-order valence-corrected chi connectivity index (χ4v) is 3.70. The number of nitrogens with one attached hydrogen (secondary N) is 1. The zero-order chi connectivity index (χ0) is 20.3. The number of hydrazone groups is 1. The first kappa shape index (κ1) is 20.3. The van der Waals surface area contributed by atoms with Gasteiger partial charge in [-0.1, -0.05) is 23.8 Å². The molecule has 1 aromatic heterocycles. The van der Waals surface area contributed by atoms with Crippen LogP contribution in [0.3, 0.4) is 0 Å². The van der Waals surface area contributed by atoms with Crippen LogP contribution in [0.1, 0.15) is 33.6 Å². The van der Waals surface area contributed by atoms with Crippen LogP contribution < -0.4 is 5.43 Å². The van der Waals surface area contributed by atoms with Crippen molar-refractivity contribution in [3.63, 3.8) is 0 Å². The van der Waals surface area contributed by atoms with E-state index >= 15 is 0 Å². The highest BCUT2D eigenvalue weighted by Crippen LogP contribution is 2.20. The van der Waals surface area contributed by atoms with E-state index in [4.69, 9.17) is 0 Å². The summed E-state index contributed by atoms with van der Waals surface area (Å²) in [6.45, 7) is 8.21. The largest absolute Gasteiger partial charge is 0.318 e. The molecule has 0 radical (unpaired) electrons. The minimum Gasteiger partial charge on any atom is -0.318 e. The molecule has 0 aliphatic rings. The number of hydrogen-bond acceptors (Lipinski definition) is 2. The molecule has 0 saturated heterocycles. The average Bonchev–Trinajstić information content (AvgIpc) is 2.92. The van der Waals surface area contributed by atoms with Gasteiger partial charge in [-0.05, 0) is 91.7 Å². The second kappa shape index (κ2) is 8.73. The Labute approximate surface area is 179 Å².